The third kappa shape index (κ3) is 6.24. The maximum Gasteiger partial charge on any atom is 0.253 e. The highest BCUT2D eigenvalue weighted by molar-refractivity contribution is 5.95. The van der Waals surface area contributed by atoms with E-state index in [1.165, 1.54) is 24.3 Å². The highest BCUT2D eigenvalue weighted by Crippen LogP contribution is 2.39. The Morgan fingerprint density at radius 2 is 1.30 bits per heavy atom. The van der Waals surface area contributed by atoms with E-state index in [2.05, 4.69) is 19.2 Å². The summed E-state index contributed by atoms with van der Waals surface area (Å²) in [6.07, 6.45) is 1.92. The molecule has 6 heteroatoms. The van der Waals surface area contributed by atoms with E-state index in [4.69, 9.17) is 0 Å². The summed E-state index contributed by atoms with van der Waals surface area (Å²) in [5.41, 5.74) is 2.70. The molecule has 0 saturated carbocycles. The molecule has 1 N–H and O–H groups in total. The Morgan fingerprint density at radius 1 is 0.811 bits per heavy atom. The van der Waals surface area contributed by atoms with E-state index >= 15 is 0 Å². The zero-order chi connectivity index (χ0) is 26.6. The number of carbonyl (C=O) groups excluding carboxylic acids is 2. The zero-order valence-corrected chi connectivity index (χ0v) is 21.6. The average molecular weight is 505 g/mol. The van der Waals surface area contributed by atoms with E-state index in [0.717, 1.165) is 23.1 Å². The van der Waals surface area contributed by atoms with Crippen molar-refractivity contribution in [3.8, 4) is 11.1 Å². The normalized spacial score (nSPS) is 15.9. The molecule has 1 heterocycles. The van der Waals surface area contributed by atoms with Crippen LogP contribution in [0.3, 0.4) is 0 Å². The van der Waals surface area contributed by atoms with E-state index in [1.807, 2.05) is 24.0 Å². The fourth-order valence-corrected chi connectivity index (χ4v) is 5.26. The molecule has 1 aliphatic rings. The van der Waals surface area contributed by atoms with Crippen molar-refractivity contribution in [1.29, 1.82) is 0 Å². The Balaban J connectivity index is 1.42. The van der Waals surface area contributed by atoms with Gasteiger partial charge in [-0.2, -0.15) is 0 Å². The van der Waals surface area contributed by atoms with Gasteiger partial charge in [-0.15, -0.1) is 0 Å². The molecular weight excluding hydrogens is 470 g/mol. The molecular formula is C31H34F2N2O2. The average Bonchev–Trinajstić information content (AvgIpc) is 2.89. The number of carbonyl (C=O) groups is 2. The van der Waals surface area contributed by atoms with Crippen LogP contribution in [0.1, 0.15) is 62.0 Å². The number of halogens is 2. The SMILES string of the molecule is CC(C)CC1(C(=O)N[C@@H](C)c2ccc(F)cc2)CCN(C(=O)c2ccc(-c3ccc(F)cc3)cc2)CC1. The number of hydrogen-bond acceptors (Lipinski definition) is 2. The Kier molecular flexibility index (Phi) is 8.06. The first-order valence-corrected chi connectivity index (χ1v) is 12.9. The van der Waals surface area contributed by atoms with E-state index in [0.29, 0.717) is 37.4 Å². The molecule has 0 spiro atoms. The summed E-state index contributed by atoms with van der Waals surface area (Å²) in [5.74, 6) is -0.320. The van der Waals surface area contributed by atoms with Gasteiger partial charge in [0.05, 0.1) is 11.5 Å². The van der Waals surface area contributed by atoms with Crippen LogP contribution in [0.25, 0.3) is 11.1 Å². The fourth-order valence-electron chi connectivity index (χ4n) is 5.26. The van der Waals surface area contributed by atoms with Gasteiger partial charge in [-0.25, -0.2) is 8.78 Å². The lowest BCUT2D eigenvalue weighted by Gasteiger charge is -2.42. The lowest BCUT2D eigenvalue weighted by molar-refractivity contribution is -0.135. The molecule has 37 heavy (non-hydrogen) atoms. The summed E-state index contributed by atoms with van der Waals surface area (Å²) < 4.78 is 26.5. The topological polar surface area (TPSA) is 49.4 Å². The minimum atomic E-state index is -0.550. The molecule has 1 atom stereocenters. The molecule has 0 aliphatic carbocycles. The van der Waals surface area contributed by atoms with Crippen LogP contribution in [0.5, 0.6) is 0 Å². The van der Waals surface area contributed by atoms with E-state index < -0.39 is 5.41 Å². The van der Waals surface area contributed by atoms with E-state index in [1.54, 1.807) is 36.4 Å². The fraction of sp³-hybridized carbons (Fsp3) is 0.355. The molecule has 1 saturated heterocycles. The van der Waals surface area contributed by atoms with Gasteiger partial charge in [0.1, 0.15) is 11.6 Å². The van der Waals surface area contributed by atoms with Crippen LogP contribution < -0.4 is 5.32 Å². The number of piperidine rings is 1. The molecule has 0 aromatic heterocycles. The van der Waals surface area contributed by atoms with Crippen LogP contribution in [0.15, 0.2) is 72.8 Å². The number of rotatable bonds is 7. The molecule has 2 amide bonds. The minimum Gasteiger partial charge on any atom is -0.349 e. The highest BCUT2D eigenvalue weighted by Gasteiger charge is 2.43. The molecule has 4 rings (SSSR count). The van der Waals surface area contributed by atoms with Crippen LogP contribution in [-0.4, -0.2) is 29.8 Å². The summed E-state index contributed by atoms with van der Waals surface area (Å²) in [5, 5.41) is 3.14. The molecule has 0 unspecified atom stereocenters. The molecule has 1 aliphatic heterocycles. The summed E-state index contributed by atoms with van der Waals surface area (Å²) in [6, 6.07) is 19.6. The Hall–Kier alpha value is -3.54. The van der Waals surface area contributed by atoms with Crippen LogP contribution in [0, 0.1) is 23.0 Å². The van der Waals surface area contributed by atoms with Gasteiger partial charge in [0.2, 0.25) is 5.91 Å². The second-order valence-corrected chi connectivity index (χ2v) is 10.5. The maximum absolute atomic E-state index is 13.5. The highest BCUT2D eigenvalue weighted by atomic mass is 19.1. The quantitative estimate of drug-likeness (QED) is 0.386. The third-order valence-electron chi connectivity index (χ3n) is 7.32. The van der Waals surface area contributed by atoms with Crippen molar-refractivity contribution >= 4 is 11.8 Å². The minimum absolute atomic E-state index is 0.00576. The van der Waals surface area contributed by atoms with Gasteiger partial charge >= 0.3 is 0 Å². The summed E-state index contributed by atoms with van der Waals surface area (Å²) >= 11 is 0. The monoisotopic (exact) mass is 504 g/mol. The number of hydrogen-bond donors (Lipinski definition) is 1. The van der Waals surface area contributed by atoms with Crippen molar-refractivity contribution in [1.82, 2.24) is 10.2 Å². The first-order chi connectivity index (χ1) is 17.7. The number of benzene rings is 3. The Bertz CT molecular complexity index is 1210. The molecule has 0 bridgehead atoms. The molecule has 3 aromatic carbocycles. The van der Waals surface area contributed by atoms with Crippen molar-refractivity contribution < 1.29 is 18.4 Å². The number of nitrogens with zero attached hydrogens (tertiary/aromatic N) is 1. The standard InChI is InChI=1S/C31H34F2N2O2/c1-21(2)20-31(30(37)34-22(3)23-8-12-27(32)13-9-23)16-18-35(19-17-31)29(36)26-6-4-24(5-7-26)25-10-14-28(33)15-11-25/h4-15,21-22H,16-20H2,1-3H3,(H,34,37)/t22-/m0/s1. The molecule has 4 nitrogen and oxygen atoms in total. The van der Waals surface area contributed by atoms with Gasteiger partial charge in [-0.3, -0.25) is 9.59 Å². The largest absolute Gasteiger partial charge is 0.349 e. The lowest BCUT2D eigenvalue weighted by Crippen LogP contribution is -2.51. The molecule has 1 fully saturated rings. The van der Waals surface area contributed by atoms with Crippen molar-refractivity contribution in [2.24, 2.45) is 11.3 Å². The second kappa shape index (κ2) is 11.2. The van der Waals surface area contributed by atoms with Gasteiger partial charge in [0, 0.05) is 18.7 Å². The first kappa shape index (κ1) is 26.5. The van der Waals surface area contributed by atoms with Crippen LogP contribution in [0.2, 0.25) is 0 Å². The van der Waals surface area contributed by atoms with Crippen LogP contribution >= 0.6 is 0 Å². The summed E-state index contributed by atoms with van der Waals surface area (Å²) in [7, 11) is 0. The van der Waals surface area contributed by atoms with Gasteiger partial charge in [0.25, 0.3) is 5.91 Å². The number of amides is 2. The van der Waals surface area contributed by atoms with Gasteiger partial charge in [-0.1, -0.05) is 50.2 Å². The predicted octanol–water partition coefficient (Wildman–Crippen LogP) is 6.78. The van der Waals surface area contributed by atoms with Crippen LogP contribution in [0.4, 0.5) is 8.78 Å². The summed E-state index contributed by atoms with van der Waals surface area (Å²) in [4.78, 5) is 28.6. The Labute approximate surface area is 217 Å². The summed E-state index contributed by atoms with van der Waals surface area (Å²) in [6.45, 7) is 7.13. The van der Waals surface area contributed by atoms with Crippen LogP contribution in [-0.2, 0) is 4.79 Å². The molecule has 194 valence electrons. The first-order valence-electron chi connectivity index (χ1n) is 12.9. The smallest absolute Gasteiger partial charge is 0.253 e. The van der Waals surface area contributed by atoms with Gasteiger partial charge in [0.15, 0.2) is 0 Å². The third-order valence-corrected chi connectivity index (χ3v) is 7.32. The Morgan fingerprint density at radius 3 is 1.81 bits per heavy atom. The zero-order valence-electron chi connectivity index (χ0n) is 21.6. The van der Waals surface area contributed by atoms with Crippen molar-refractivity contribution in [3.63, 3.8) is 0 Å². The lowest BCUT2D eigenvalue weighted by atomic mass is 9.71. The van der Waals surface area contributed by atoms with Gasteiger partial charge < -0.3 is 10.2 Å². The van der Waals surface area contributed by atoms with E-state index in [-0.39, 0.29) is 29.5 Å². The van der Waals surface area contributed by atoms with Crippen molar-refractivity contribution in [3.05, 3.63) is 95.6 Å². The van der Waals surface area contributed by atoms with Crippen molar-refractivity contribution in [2.45, 2.75) is 46.1 Å². The van der Waals surface area contributed by atoms with E-state index in [9.17, 15) is 18.4 Å². The van der Waals surface area contributed by atoms with Crippen molar-refractivity contribution in [2.75, 3.05) is 13.1 Å². The second-order valence-electron chi connectivity index (χ2n) is 10.5. The molecule has 0 radical (unpaired) electrons. The van der Waals surface area contributed by atoms with Gasteiger partial charge in [-0.05, 0) is 85.2 Å². The number of nitrogens with one attached hydrogen (secondary N) is 1. The maximum atomic E-state index is 13.5. The molecule has 3 aromatic rings. The predicted molar refractivity (Wildman–Crippen MR) is 142 cm³/mol. The number of likely N-dealkylation sites (tertiary alicyclic amines) is 1.